The molecule has 0 bridgehead atoms. The van der Waals surface area contributed by atoms with Crippen molar-refractivity contribution in [2.75, 3.05) is 57.3 Å². The number of piperazine rings is 2. The molecule has 2 aromatic carbocycles. The molecule has 3 aliphatic rings. The van der Waals surface area contributed by atoms with Gasteiger partial charge in [0, 0.05) is 63.4 Å². The van der Waals surface area contributed by atoms with E-state index in [1.807, 2.05) is 37.8 Å². The third-order valence-electron chi connectivity index (χ3n) is 8.11. The third kappa shape index (κ3) is 6.06. The lowest BCUT2D eigenvalue weighted by atomic mass is 9.82. The Labute approximate surface area is 240 Å². The number of aliphatic hydroxyl groups is 1. The lowest BCUT2D eigenvalue weighted by molar-refractivity contribution is -0.0740. The van der Waals surface area contributed by atoms with E-state index in [0.717, 1.165) is 12.0 Å². The Kier molecular flexibility index (Phi) is 8.01. The summed E-state index contributed by atoms with van der Waals surface area (Å²) in [6.07, 6.45) is 0.939. The van der Waals surface area contributed by atoms with Gasteiger partial charge in [0.2, 0.25) is 0 Å². The standard InChI is InChI=1S/C30H38ClFN4O4/c1-29(2,3)40-28(38)34-15-13-33(14-16-34)25-6-4-5-24(26(25)32)27(37)35-17-18-36-20-30(39,12-11-23(36)19-35)21-7-9-22(31)10-8-21/h4-10,23,39H,11-20H2,1-3H3/t23-,30-/m1/s1. The molecule has 3 saturated heterocycles. The van der Waals surface area contributed by atoms with Crippen LogP contribution in [0.25, 0.3) is 0 Å². The number of carbonyl (C=O) groups is 2. The highest BCUT2D eigenvalue weighted by molar-refractivity contribution is 6.30. The van der Waals surface area contributed by atoms with Gasteiger partial charge >= 0.3 is 6.09 Å². The molecule has 40 heavy (non-hydrogen) atoms. The summed E-state index contributed by atoms with van der Waals surface area (Å²) >= 11 is 6.03. The summed E-state index contributed by atoms with van der Waals surface area (Å²) in [6.45, 7) is 9.27. The van der Waals surface area contributed by atoms with Crippen LogP contribution in [0.2, 0.25) is 5.02 Å². The van der Waals surface area contributed by atoms with Gasteiger partial charge in [-0.1, -0.05) is 29.8 Å². The zero-order chi connectivity index (χ0) is 28.7. The van der Waals surface area contributed by atoms with Crippen molar-refractivity contribution in [3.8, 4) is 0 Å². The highest BCUT2D eigenvalue weighted by Crippen LogP contribution is 2.36. The van der Waals surface area contributed by atoms with Crippen LogP contribution in [-0.4, -0.2) is 95.8 Å². The van der Waals surface area contributed by atoms with E-state index in [1.165, 1.54) is 0 Å². The molecule has 8 nitrogen and oxygen atoms in total. The Morgan fingerprint density at radius 3 is 2.35 bits per heavy atom. The van der Waals surface area contributed by atoms with Crippen LogP contribution < -0.4 is 4.90 Å². The molecule has 216 valence electrons. The summed E-state index contributed by atoms with van der Waals surface area (Å²) < 4.78 is 21.2. The molecule has 0 unspecified atom stereocenters. The topological polar surface area (TPSA) is 76.6 Å². The average Bonchev–Trinajstić information content (AvgIpc) is 2.92. The molecule has 3 fully saturated rings. The van der Waals surface area contributed by atoms with E-state index in [9.17, 15) is 14.7 Å². The van der Waals surface area contributed by atoms with Gasteiger partial charge in [-0.3, -0.25) is 9.69 Å². The minimum Gasteiger partial charge on any atom is -0.444 e. The van der Waals surface area contributed by atoms with E-state index in [-0.39, 0.29) is 23.6 Å². The third-order valence-corrected chi connectivity index (χ3v) is 8.36. The molecule has 2 atom stereocenters. The molecule has 5 rings (SSSR count). The molecule has 3 aliphatic heterocycles. The van der Waals surface area contributed by atoms with Gasteiger partial charge in [0.1, 0.15) is 11.2 Å². The number of nitrogens with zero attached hydrogens (tertiary/aromatic N) is 4. The fourth-order valence-electron chi connectivity index (χ4n) is 5.93. The minimum absolute atomic E-state index is 0.0639. The van der Waals surface area contributed by atoms with Crippen molar-refractivity contribution in [1.82, 2.24) is 14.7 Å². The quantitative estimate of drug-likeness (QED) is 0.590. The fraction of sp³-hybridized carbons (Fsp3) is 0.533. The maximum absolute atomic E-state index is 15.7. The zero-order valence-corrected chi connectivity index (χ0v) is 24.2. The van der Waals surface area contributed by atoms with E-state index < -0.39 is 17.0 Å². The first-order chi connectivity index (χ1) is 18.9. The lowest BCUT2D eigenvalue weighted by Crippen LogP contribution is -2.60. The van der Waals surface area contributed by atoms with Gasteiger partial charge in [0.05, 0.1) is 11.3 Å². The lowest BCUT2D eigenvalue weighted by Gasteiger charge is -2.49. The Balaban J connectivity index is 1.21. The Morgan fingerprint density at radius 1 is 1.00 bits per heavy atom. The molecule has 0 radical (unpaired) electrons. The first-order valence-corrected chi connectivity index (χ1v) is 14.3. The number of hydrogen-bond donors (Lipinski definition) is 1. The number of halogens is 2. The second-order valence-electron chi connectivity index (χ2n) is 12.0. The largest absolute Gasteiger partial charge is 0.444 e. The minimum atomic E-state index is -0.957. The van der Waals surface area contributed by atoms with Crippen LogP contribution in [0, 0.1) is 5.82 Å². The van der Waals surface area contributed by atoms with Gasteiger partial charge < -0.3 is 24.5 Å². The molecule has 2 aromatic rings. The number of anilines is 1. The van der Waals surface area contributed by atoms with Crippen LogP contribution in [0.5, 0.6) is 0 Å². The second-order valence-corrected chi connectivity index (χ2v) is 12.5. The average molecular weight is 573 g/mol. The molecule has 0 saturated carbocycles. The van der Waals surface area contributed by atoms with Crippen molar-refractivity contribution in [2.24, 2.45) is 0 Å². The van der Waals surface area contributed by atoms with Crippen molar-refractivity contribution in [3.63, 3.8) is 0 Å². The second kappa shape index (κ2) is 11.2. The van der Waals surface area contributed by atoms with Crippen LogP contribution in [0.1, 0.15) is 49.5 Å². The first kappa shape index (κ1) is 28.6. The van der Waals surface area contributed by atoms with Gasteiger partial charge in [-0.05, 0) is 63.4 Å². The molecule has 0 spiro atoms. The number of ether oxygens (including phenoxy) is 1. The van der Waals surface area contributed by atoms with Crippen molar-refractivity contribution >= 4 is 29.3 Å². The van der Waals surface area contributed by atoms with Crippen molar-refractivity contribution in [3.05, 3.63) is 64.4 Å². The molecular formula is C30H38ClFN4O4. The predicted molar refractivity (Wildman–Crippen MR) is 152 cm³/mol. The van der Waals surface area contributed by atoms with Crippen LogP contribution in [0.4, 0.5) is 14.9 Å². The smallest absolute Gasteiger partial charge is 0.410 e. The predicted octanol–water partition coefficient (Wildman–Crippen LogP) is 4.34. The normalized spacial score (nSPS) is 24.1. The number of rotatable bonds is 3. The molecule has 0 aliphatic carbocycles. The van der Waals surface area contributed by atoms with E-state index >= 15 is 4.39 Å². The molecular weight excluding hydrogens is 535 g/mol. The van der Waals surface area contributed by atoms with E-state index in [0.29, 0.717) is 69.5 Å². The van der Waals surface area contributed by atoms with Crippen LogP contribution in [-0.2, 0) is 10.3 Å². The van der Waals surface area contributed by atoms with Gasteiger partial charge in [-0.15, -0.1) is 0 Å². The fourth-order valence-corrected chi connectivity index (χ4v) is 6.06. The van der Waals surface area contributed by atoms with Crippen molar-refractivity contribution in [2.45, 2.75) is 50.9 Å². The number of amides is 2. The molecule has 2 amide bonds. The van der Waals surface area contributed by atoms with Crippen molar-refractivity contribution in [1.29, 1.82) is 0 Å². The summed E-state index contributed by atoms with van der Waals surface area (Å²) in [5.74, 6) is -0.841. The Morgan fingerprint density at radius 2 is 1.68 bits per heavy atom. The maximum Gasteiger partial charge on any atom is 0.410 e. The highest BCUT2D eigenvalue weighted by atomic mass is 35.5. The van der Waals surface area contributed by atoms with Crippen LogP contribution >= 0.6 is 11.6 Å². The summed E-state index contributed by atoms with van der Waals surface area (Å²) in [4.78, 5) is 33.4. The Bertz CT molecular complexity index is 1250. The number of fused-ring (bicyclic) bond motifs is 1. The van der Waals surface area contributed by atoms with E-state index in [1.54, 1.807) is 40.1 Å². The van der Waals surface area contributed by atoms with E-state index in [4.69, 9.17) is 16.3 Å². The summed E-state index contributed by atoms with van der Waals surface area (Å²) in [6, 6.07) is 12.4. The summed E-state index contributed by atoms with van der Waals surface area (Å²) in [5, 5.41) is 12.0. The summed E-state index contributed by atoms with van der Waals surface area (Å²) in [7, 11) is 0. The number of piperidine rings is 1. The van der Waals surface area contributed by atoms with Crippen LogP contribution in [0.15, 0.2) is 42.5 Å². The summed E-state index contributed by atoms with van der Waals surface area (Å²) in [5.41, 5.74) is -0.246. The van der Waals surface area contributed by atoms with Gasteiger partial charge in [0.15, 0.2) is 5.82 Å². The van der Waals surface area contributed by atoms with E-state index in [2.05, 4.69) is 4.90 Å². The molecule has 3 heterocycles. The Hall–Kier alpha value is -2.88. The van der Waals surface area contributed by atoms with Gasteiger partial charge in [-0.2, -0.15) is 0 Å². The van der Waals surface area contributed by atoms with Crippen LogP contribution in [0.3, 0.4) is 0 Å². The monoisotopic (exact) mass is 572 g/mol. The van der Waals surface area contributed by atoms with Gasteiger partial charge in [0.25, 0.3) is 5.91 Å². The number of benzene rings is 2. The number of carbonyl (C=O) groups excluding carboxylic acids is 2. The molecule has 1 N–H and O–H groups in total. The first-order valence-electron chi connectivity index (χ1n) is 14.0. The number of hydrogen-bond acceptors (Lipinski definition) is 6. The highest BCUT2D eigenvalue weighted by Gasteiger charge is 2.42. The zero-order valence-electron chi connectivity index (χ0n) is 23.4. The SMILES string of the molecule is CC(C)(C)OC(=O)N1CCN(c2cccc(C(=O)N3CCN4C[C@@](O)(c5ccc(Cl)cc5)CC[C@@H]4C3)c2F)CC1. The van der Waals surface area contributed by atoms with Gasteiger partial charge in [-0.25, -0.2) is 9.18 Å². The maximum atomic E-state index is 15.7. The van der Waals surface area contributed by atoms with Crippen molar-refractivity contribution < 1.29 is 23.8 Å². The molecule has 0 aromatic heterocycles. The molecule has 10 heteroatoms.